The molecule has 2 nitrogen and oxygen atoms in total. The molecule has 1 rings (SSSR count). The Morgan fingerprint density at radius 1 is 1.50 bits per heavy atom. The fourth-order valence-corrected chi connectivity index (χ4v) is 1.77. The highest BCUT2D eigenvalue weighted by molar-refractivity contribution is 7.99. The Bertz CT molecular complexity index is 265. The summed E-state index contributed by atoms with van der Waals surface area (Å²) in [5.74, 6) is 0.705. The van der Waals surface area contributed by atoms with Crippen LogP contribution >= 0.6 is 24.4 Å². The number of thioether (sulfide) groups is 1. The number of nitrogens with two attached hydrogens (primary N) is 1. The first kappa shape index (κ1) is 9.77. The maximum atomic E-state index is 8.59. The summed E-state index contributed by atoms with van der Waals surface area (Å²) in [4.78, 5) is 1.88. The van der Waals surface area contributed by atoms with Gasteiger partial charge in [0.25, 0.3) is 0 Å². The average Bonchev–Trinajstić information content (AvgIpc) is 2.07. The summed E-state index contributed by atoms with van der Waals surface area (Å²) >= 11 is 5.78. The van der Waals surface area contributed by atoms with E-state index in [0.717, 1.165) is 9.79 Å². The molecule has 0 atom stereocenters. The Morgan fingerprint density at radius 2 is 2.25 bits per heavy atom. The molecule has 0 saturated carbocycles. The molecule has 0 amide bonds. The van der Waals surface area contributed by atoms with E-state index in [9.17, 15) is 0 Å². The predicted molar refractivity (Wildman–Crippen MR) is 55.9 cm³/mol. The Labute approximate surface area is 81.6 Å². The van der Waals surface area contributed by atoms with Crippen LogP contribution in [0.25, 0.3) is 0 Å². The van der Waals surface area contributed by atoms with E-state index in [2.05, 4.69) is 12.6 Å². The third-order valence-corrected chi connectivity index (χ3v) is 2.72. The van der Waals surface area contributed by atoms with Crippen LogP contribution in [0.2, 0.25) is 0 Å². The van der Waals surface area contributed by atoms with E-state index >= 15 is 0 Å². The zero-order valence-corrected chi connectivity index (χ0v) is 8.24. The first-order chi connectivity index (χ1) is 5.74. The molecule has 66 valence electrons. The minimum Gasteiger partial charge on any atom is -0.398 e. The van der Waals surface area contributed by atoms with Gasteiger partial charge in [0.05, 0.1) is 6.61 Å². The summed E-state index contributed by atoms with van der Waals surface area (Å²) in [5, 5.41) is 8.59. The lowest BCUT2D eigenvalue weighted by Gasteiger charge is -2.02. The van der Waals surface area contributed by atoms with Gasteiger partial charge in [0.1, 0.15) is 0 Å². The summed E-state index contributed by atoms with van der Waals surface area (Å²) in [6.45, 7) is 0.191. The number of aliphatic hydroxyl groups excluding tert-OH is 1. The molecule has 3 N–H and O–H groups in total. The van der Waals surface area contributed by atoms with E-state index in [-0.39, 0.29) is 6.61 Å². The smallest absolute Gasteiger partial charge is 0.0525 e. The lowest BCUT2D eigenvalue weighted by atomic mass is 10.3. The van der Waals surface area contributed by atoms with Gasteiger partial charge in [0.2, 0.25) is 0 Å². The maximum absolute atomic E-state index is 8.59. The van der Waals surface area contributed by atoms with Crippen molar-refractivity contribution in [3.63, 3.8) is 0 Å². The number of rotatable bonds is 3. The molecule has 4 heteroatoms. The molecular weight excluding hydrogens is 190 g/mol. The van der Waals surface area contributed by atoms with Gasteiger partial charge in [-0.2, -0.15) is 0 Å². The third kappa shape index (κ3) is 2.62. The molecule has 0 aliphatic carbocycles. The minimum atomic E-state index is 0.191. The van der Waals surface area contributed by atoms with Crippen molar-refractivity contribution in [2.24, 2.45) is 0 Å². The quantitative estimate of drug-likeness (QED) is 0.396. The van der Waals surface area contributed by atoms with Crippen molar-refractivity contribution in [1.29, 1.82) is 0 Å². The lowest BCUT2D eigenvalue weighted by Crippen LogP contribution is -1.88. The van der Waals surface area contributed by atoms with Crippen molar-refractivity contribution < 1.29 is 5.11 Å². The number of anilines is 1. The van der Waals surface area contributed by atoms with E-state index in [1.165, 1.54) is 0 Å². The molecule has 0 fully saturated rings. The molecule has 0 radical (unpaired) electrons. The van der Waals surface area contributed by atoms with Crippen LogP contribution in [0.5, 0.6) is 0 Å². The highest BCUT2D eigenvalue weighted by atomic mass is 32.2. The number of hydrogen-bond donors (Lipinski definition) is 3. The molecule has 0 saturated heterocycles. The van der Waals surface area contributed by atoms with Crippen LogP contribution in [0.4, 0.5) is 5.69 Å². The van der Waals surface area contributed by atoms with E-state index in [4.69, 9.17) is 10.8 Å². The van der Waals surface area contributed by atoms with Crippen LogP contribution in [0.15, 0.2) is 28.0 Å². The summed E-state index contributed by atoms with van der Waals surface area (Å²) in [6.07, 6.45) is 0. The fourth-order valence-electron chi connectivity index (χ4n) is 0.777. The van der Waals surface area contributed by atoms with Crippen LogP contribution in [0.3, 0.4) is 0 Å². The average molecular weight is 201 g/mol. The lowest BCUT2D eigenvalue weighted by molar-refractivity contribution is 0.322. The number of aliphatic hydroxyl groups is 1. The maximum Gasteiger partial charge on any atom is 0.0525 e. The van der Waals surface area contributed by atoms with Gasteiger partial charge in [0, 0.05) is 21.2 Å². The van der Waals surface area contributed by atoms with E-state index in [1.54, 1.807) is 11.8 Å². The van der Waals surface area contributed by atoms with Crippen molar-refractivity contribution in [2.45, 2.75) is 9.79 Å². The van der Waals surface area contributed by atoms with Crippen LogP contribution in [-0.4, -0.2) is 17.5 Å². The summed E-state index contributed by atoms with van der Waals surface area (Å²) in [7, 11) is 0. The zero-order valence-electron chi connectivity index (χ0n) is 6.53. The minimum absolute atomic E-state index is 0.191. The molecule has 0 unspecified atom stereocenters. The summed E-state index contributed by atoms with van der Waals surface area (Å²) < 4.78 is 0. The zero-order chi connectivity index (χ0) is 8.97. The molecule has 0 aliphatic rings. The molecule has 0 spiro atoms. The number of hydrogen-bond acceptors (Lipinski definition) is 4. The highest BCUT2D eigenvalue weighted by Crippen LogP contribution is 2.24. The Hall–Kier alpha value is -0.320. The van der Waals surface area contributed by atoms with Crippen molar-refractivity contribution in [1.82, 2.24) is 0 Å². The second-order valence-corrected chi connectivity index (χ2v) is 3.94. The van der Waals surface area contributed by atoms with Crippen molar-refractivity contribution in [3.8, 4) is 0 Å². The van der Waals surface area contributed by atoms with Crippen LogP contribution < -0.4 is 5.73 Å². The monoisotopic (exact) mass is 201 g/mol. The molecule has 0 aliphatic heterocycles. The van der Waals surface area contributed by atoms with Gasteiger partial charge in [-0.3, -0.25) is 0 Å². The normalized spacial score (nSPS) is 10.2. The Kier molecular flexibility index (Phi) is 3.78. The second kappa shape index (κ2) is 4.64. The number of thiol groups is 1. The number of nitrogen functional groups attached to an aromatic ring is 1. The highest BCUT2D eigenvalue weighted by Gasteiger charge is 1.97. The van der Waals surface area contributed by atoms with E-state index in [1.807, 2.05) is 18.2 Å². The van der Waals surface area contributed by atoms with Gasteiger partial charge in [-0.1, -0.05) is 0 Å². The molecule has 0 heterocycles. The molecular formula is C8H11NOS2. The van der Waals surface area contributed by atoms with Gasteiger partial charge in [-0.15, -0.1) is 24.4 Å². The first-order valence-electron chi connectivity index (χ1n) is 3.56. The molecule has 1 aromatic rings. The molecule has 0 bridgehead atoms. The van der Waals surface area contributed by atoms with E-state index in [0.29, 0.717) is 11.4 Å². The predicted octanol–water partition coefficient (Wildman–Crippen LogP) is 1.64. The molecule has 0 aromatic heterocycles. The topological polar surface area (TPSA) is 46.2 Å². The van der Waals surface area contributed by atoms with Crippen LogP contribution in [0, 0.1) is 0 Å². The van der Waals surface area contributed by atoms with Gasteiger partial charge in [-0.05, 0) is 18.2 Å². The van der Waals surface area contributed by atoms with Crippen LogP contribution in [-0.2, 0) is 0 Å². The first-order valence-corrected chi connectivity index (χ1v) is 4.99. The van der Waals surface area contributed by atoms with Gasteiger partial charge < -0.3 is 10.8 Å². The molecule has 12 heavy (non-hydrogen) atoms. The van der Waals surface area contributed by atoms with Crippen molar-refractivity contribution in [2.75, 3.05) is 18.1 Å². The van der Waals surface area contributed by atoms with Crippen molar-refractivity contribution >= 4 is 30.1 Å². The Balaban J connectivity index is 2.69. The largest absolute Gasteiger partial charge is 0.398 e. The van der Waals surface area contributed by atoms with E-state index < -0.39 is 0 Å². The van der Waals surface area contributed by atoms with Gasteiger partial charge in [-0.25, -0.2) is 0 Å². The fraction of sp³-hybridized carbons (Fsp3) is 0.250. The third-order valence-electron chi connectivity index (χ3n) is 1.36. The van der Waals surface area contributed by atoms with Gasteiger partial charge >= 0.3 is 0 Å². The Morgan fingerprint density at radius 3 is 2.83 bits per heavy atom. The SMILES string of the molecule is Nc1ccc(SCCO)cc1S. The summed E-state index contributed by atoms with van der Waals surface area (Å²) in [5.41, 5.74) is 6.27. The number of benzene rings is 1. The van der Waals surface area contributed by atoms with Crippen LogP contribution in [0.1, 0.15) is 0 Å². The van der Waals surface area contributed by atoms with Gasteiger partial charge in [0.15, 0.2) is 0 Å². The second-order valence-electron chi connectivity index (χ2n) is 2.29. The standard InChI is InChI=1S/C8H11NOS2/c9-7-2-1-6(5-8(7)11)12-4-3-10/h1-2,5,10-11H,3-4,9H2. The summed E-state index contributed by atoms with van der Waals surface area (Å²) in [6, 6.07) is 5.65. The van der Waals surface area contributed by atoms with Crippen molar-refractivity contribution in [3.05, 3.63) is 18.2 Å². The molecule has 1 aromatic carbocycles.